The number of carbonyl (C=O) groups is 1. The number of aliphatic hydroxyl groups is 2. The fourth-order valence-corrected chi connectivity index (χ4v) is 2.15. The summed E-state index contributed by atoms with van der Waals surface area (Å²) in [6.07, 6.45) is -1.46. The zero-order valence-corrected chi connectivity index (χ0v) is 10.7. The zero-order valence-electron chi connectivity index (χ0n) is 9.95. The van der Waals surface area contributed by atoms with Crippen LogP contribution in [0.3, 0.4) is 0 Å². The number of nitrogens with zero attached hydrogens (tertiary/aromatic N) is 1. The van der Waals surface area contributed by atoms with E-state index in [1.54, 1.807) is 24.3 Å². The Balaban J connectivity index is 2.45. The third-order valence-electron chi connectivity index (χ3n) is 2.87. The second kappa shape index (κ2) is 5.52. The van der Waals surface area contributed by atoms with E-state index in [4.69, 9.17) is 17.3 Å². The molecule has 1 amide bonds. The Labute approximate surface area is 114 Å². The Morgan fingerprint density at radius 2 is 1.95 bits per heavy atom. The minimum atomic E-state index is -1.27. The van der Waals surface area contributed by atoms with Crippen molar-refractivity contribution in [3.05, 3.63) is 41.2 Å². The van der Waals surface area contributed by atoms with E-state index in [0.717, 1.165) is 0 Å². The summed E-state index contributed by atoms with van der Waals surface area (Å²) in [4.78, 5) is 14.7. The van der Waals surface area contributed by atoms with Gasteiger partial charge in [0, 0.05) is 17.1 Å². The first kappa shape index (κ1) is 13.7. The predicted octanol–water partition coefficient (Wildman–Crippen LogP) is 1.16. The molecule has 0 spiro atoms. The molecule has 0 saturated heterocycles. The Morgan fingerprint density at radius 1 is 1.32 bits per heavy atom. The number of nitrogens with two attached hydrogens (primary N) is 1. The molecule has 0 aliphatic heterocycles. The number of primary amides is 1. The van der Waals surface area contributed by atoms with E-state index in [1.165, 1.54) is 6.20 Å². The molecule has 0 aliphatic carbocycles. The van der Waals surface area contributed by atoms with Crippen LogP contribution < -0.4 is 5.73 Å². The monoisotopic (exact) mass is 280 g/mol. The number of rotatable bonds is 4. The first-order valence-electron chi connectivity index (χ1n) is 5.68. The minimum Gasteiger partial charge on any atom is -0.390 e. The smallest absolute Gasteiger partial charge is 0.220 e. The minimum absolute atomic E-state index is 0.316. The normalized spacial score (nSPS) is 14.3. The number of benzene rings is 1. The number of hydrogen-bond donors (Lipinski definition) is 3. The van der Waals surface area contributed by atoms with E-state index >= 15 is 0 Å². The van der Waals surface area contributed by atoms with Crippen molar-refractivity contribution in [1.82, 2.24) is 4.98 Å². The highest BCUT2D eigenvalue weighted by Crippen LogP contribution is 2.29. The molecule has 1 heterocycles. The maximum atomic E-state index is 10.8. The zero-order chi connectivity index (χ0) is 14.0. The van der Waals surface area contributed by atoms with Crippen molar-refractivity contribution in [3.8, 4) is 0 Å². The van der Waals surface area contributed by atoms with E-state index in [2.05, 4.69) is 4.98 Å². The van der Waals surface area contributed by atoms with Crippen LogP contribution in [0, 0.1) is 0 Å². The third kappa shape index (κ3) is 2.84. The van der Waals surface area contributed by atoms with Crippen LogP contribution in [0.5, 0.6) is 0 Å². The van der Waals surface area contributed by atoms with Crippen LogP contribution in [0.15, 0.2) is 30.5 Å². The maximum absolute atomic E-state index is 10.8. The number of halogens is 1. The van der Waals surface area contributed by atoms with E-state index in [0.29, 0.717) is 21.5 Å². The van der Waals surface area contributed by atoms with Gasteiger partial charge in [0.1, 0.15) is 11.3 Å². The third-order valence-corrected chi connectivity index (χ3v) is 3.17. The molecular weight excluding hydrogens is 268 g/mol. The number of pyridine rings is 1. The molecule has 0 saturated carbocycles. The van der Waals surface area contributed by atoms with Crippen LogP contribution in [0.25, 0.3) is 10.8 Å². The highest BCUT2D eigenvalue weighted by atomic mass is 35.5. The largest absolute Gasteiger partial charge is 0.390 e. The van der Waals surface area contributed by atoms with Crippen LogP contribution in [0.2, 0.25) is 5.15 Å². The molecule has 0 bridgehead atoms. The molecule has 0 radical (unpaired) electrons. The van der Waals surface area contributed by atoms with Gasteiger partial charge in [0.15, 0.2) is 0 Å². The number of amides is 1. The molecule has 1 aromatic carbocycles. The van der Waals surface area contributed by atoms with Gasteiger partial charge in [0.2, 0.25) is 5.91 Å². The Morgan fingerprint density at radius 3 is 2.58 bits per heavy atom. The van der Waals surface area contributed by atoms with E-state index < -0.39 is 18.1 Å². The highest BCUT2D eigenvalue weighted by molar-refractivity contribution is 6.34. The van der Waals surface area contributed by atoms with E-state index in [1.807, 2.05) is 0 Å². The summed E-state index contributed by atoms with van der Waals surface area (Å²) in [6, 6.07) is 7.11. The van der Waals surface area contributed by atoms with Gasteiger partial charge in [-0.25, -0.2) is 4.98 Å². The lowest BCUT2D eigenvalue weighted by Crippen LogP contribution is -2.25. The van der Waals surface area contributed by atoms with Gasteiger partial charge < -0.3 is 15.9 Å². The quantitative estimate of drug-likeness (QED) is 0.732. The number of hydrogen-bond acceptors (Lipinski definition) is 4. The molecule has 2 aromatic rings. The molecule has 100 valence electrons. The van der Waals surface area contributed by atoms with Gasteiger partial charge in [-0.3, -0.25) is 4.79 Å². The van der Waals surface area contributed by atoms with Crippen LogP contribution >= 0.6 is 11.6 Å². The average Bonchev–Trinajstić information content (AvgIpc) is 2.38. The highest BCUT2D eigenvalue weighted by Gasteiger charge is 2.23. The summed E-state index contributed by atoms with van der Waals surface area (Å²) in [7, 11) is 0. The molecule has 5 nitrogen and oxygen atoms in total. The van der Waals surface area contributed by atoms with Crippen molar-refractivity contribution in [2.45, 2.75) is 18.6 Å². The summed E-state index contributed by atoms with van der Waals surface area (Å²) in [5, 5.41) is 21.5. The molecule has 19 heavy (non-hydrogen) atoms. The van der Waals surface area contributed by atoms with E-state index in [-0.39, 0.29) is 6.42 Å². The van der Waals surface area contributed by atoms with Crippen molar-refractivity contribution in [2.24, 2.45) is 5.73 Å². The second-order valence-corrected chi connectivity index (χ2v) is 4.59. The topological polar surface area (TPSA) is 96.4 Å². The summed E-state index contributed by atoms with van der Waals surface area (Å²) in [5.74, 6) is -0.683. The van der Waals surface area contributed by atoms with Gasteiger partial charge in [-0.05, 0) is 5.39 Å². The lowest BCUT2D eigenvalue weighted by molar-refractivity contribution is -0.121. The molecule has 2 unspecified atom stereocenters. The second-order valence-electron chi connectivity index (χ2n) is 4.23. The predicted molar refractivity (Wildman–Crippen MR) is 71.5 cm³/mol. The van der Waals surface area contributed by atoms with Crippen LogP contribution in [-0.4, -0.2) is 27.2 Å². The fraction of sp³-hybridized carbons (Fsp3) is 0.231. The van der Waals surface area contributed by atoms with Crippen molar-refractivity contribution in [3.63, 3.8) is 0 Å². The summed E-state index contributed by atoms with van der Waals surface area (Å²) >= 11 is 5.97. The Bertz CT molecular complexity index is 618. The number of carbonyl (C=O) groups excluding carboxylic acids is 1. The molecule has 0 aliphatic rings. The van der Waals surface area contributed by atoms with Crippen LogP contribution in [0.4, 0.5) is 0 Å². The van der Waals surface area contributed by atoms with E-state index in [9.17, 15) is 15.0 Å². The molecule has 2 rings (SSSR count). The van der Waals surface area contributed by atoms with Gasteiger partial charge in [-0.2, -0.15) is 0 Å². The fourth-order valence-electron chi connectivity index (χ4n) is 1.94. The molecule has 4 N–H and O–H groups in total. The Hall–Kier alpha value is -1.69. The van der Waals surface area contributed by atoms with Crippen LogP contribution in [0.1, 0.15) is 18.1 Å². The van der Waals surface area contributed by atoms with Gasteiger partial charge in [-0.15, -0.1) is 0 Å². The van der Waals surface area contributed by atoms with Gasteiger partial charge in [-0.1, -0.05) is 35.9 Å². The maximum Gasteiger partial charge on any atom is 0.220 e. The summed E-state index contributed by atoms with van der Waals surface area (Å²) < 4.78 is 0. The lowest BCUT2D eigenvalue weighted by Gasteiger charge is -2.18. The Kier molecular flexibility index (Phi) is 3.99. The number of aliphatic hydroxyl groups excluding tert-OH is 2. The molecule has 0 fully saturated rings. The number of aromatic nitrogens is 1. The summed E-state index contributed by atoms with van der Waals surface area (Å²) in [5.41, 5.74) is 5.41. The molecular formula is C13H13ClN2O3. The molecule has 1 aromatic heterocycles. The lowest BCUT2D eigenvalue weighted by atomic mass is 9.98. The van der Waals surface area contributed by atoms with Crippen molar-refractivity contribution < 1.29 is 15.0 Å². The van der Waals surface area contributed by atoms with Gasteiger partial charge in [0.25, 0.3) is 0 Å². The molecule has 6 heteroatoms. The van der Waals surface area contributed by atoms with Gasteiger partial charge in [0.05, 0.1) is 12.5 Å². The van der Waals surface area contributed by atoms with Crippen molar-refractivity contribution in [1.29, 1.82) is 0 Å². The van der Waals surface area contributed by atoms with Crippen LogP contribution in [-0.2, 0) is 4.79 Å². The SMILES string of the molecule is NC(=O)CC(O)C(O)c1cnc(Cl)c2ccccc12. The average molecular weight is 281 g/mol. The van der Waals surface area contributed by atoms with Gasteiger partial charge >= 0.3 is 0 Å². The first-order chi connectivity index (χ1) is 9.00. The summed E-state index contributed by atoms with van der Waals surface area (Å²) in [6.45, 7) is 0. The first-order valence-corrected chi connectivity index (χ1v) is 6.06. The van der Waals surface area contributed by atoms with Crippen molar-refractivity contribution >= 4 is 28.3 Å². The van der Waals surface area contributed by atoms with Crippen molar-refractivity contribution in [2.75, 3.05) is 0 Å². The molecule has 2 atom stereocenters. The standard InChI is InChI=1S/C13H13ClN2O3/c14-13-8-4-2-1-3-7(8)9(6-16-13)12(19)10(17)5-11(15)18/h1-4,6,10,12,17,19H,5H2,(H2,15,18). The number of fused-ring (bicyclic) bond motifs is 1.